The van der Waals surface area contributed by atoms with Crippen LogP contribution in [0, 0.1) is 6.92 Å². The average molecular weight is 354 g/mol. The second-order valence-corrected chi connectivity index (χ2v) is 9.61. The van der Waals surface area contributed by atoms with Crippen LogP contribution in [0.15, 0.2) is 18.5 Å². The van der Waals surface area contributed by atoms with Gasteiger partial charge >= 0.3 is 0 Å². The fraction of sp³-hybridized carbons (Fsp3) is 0.706. The highest BCUT2D eigenvalue weighted by molar-refractivity contribution is 7.89. The Bertz CT molecular complexity index is 684. The quantitative estimate of drug-likeness (QED) is 0.807. The molecule has 0 N–H and O–H groups in total. The van der Waals surface area contributed by atoms with Crippen LogP contribution in [0.5, 0.6) is 0 Å². The predicted molar refractivity (Wildman–Crippen MR) is 91.1 cm³/mol. The summed E-state index contributed by atoms with van der Waals surface area (Å²) in [5.74, 6) is 0. The molecule has 7 heteroatoms. The molecule has 2 aliphatic heterocycles. The fourth-order valence-electron chi connectivity index (χ4n) is 3.28. The van der Waals surface area contributed by atoms with E-state index in [-0.39, 0.29) is 17.0 Å². The molecule has 0 amide bonds. The summed E-state index contributed by atoms with van der Waals surface area (Å²) in [5, 5.41) is -0.390. The van der Waals surface area contributed by atoms with E-state index in [9.17, 15) is 8.42 Å². The Kier molecular flexibility index (Phi) is 4.97. The third-order valence-electron chi connectivity index (χ3n) is 4.95. The normalized spacial score (nSPS) is 24.2. The summed E-state index contributed by atoms with van der Waals surface area (Å²) < 4.78 is 37.9. The predicted octanol–water partition coefficient (Wildman–Crippen LogP) is 1.88. The smallest absolute Gasteiger partial charge is 0.216 e. The molecule has 2 saturated heterocycles. The zero-order chi connectivity index (χ0) is 17.4. The third kappa shape index (κ3) is 3.49. The molecular formula is C17H26N2O4S. The molecular weight excluding hydrogens is 328 g/mol. The Morgan fingerprint density at radius 1 is 1.46 bits per heavy atom. The van der Waals surface area contributed by atoms with Gasteiger partial charge in [0.1, 0.15) is 0 Å². The first-order chi connectivity index (χ1) is 11.3. The van der Waals surface area contributed by atoms with E-state index in [1.807, 2.05) is 19.2 Å². The van der Waals surface area contributed by atoms with E-state index >= 15 is 0 Å². The van der Waals surface area contributed by atoms with Gasteiger partial charge < -0.3 is 9.47 Å². The Hall–Kier alpha value is -1.02. The van der Waals surface area contributed by atoms with Gasteiger partial charge in [-0.3, -0.25) is 4.98 Å². The highest BCUT2D eigenvalue weighted by Gasteiger charge is 2.52. The minimum absolute atomic E-state index is 0.0993. The van der Waals surface area contributed by atoms with Crippen LogP contribution in [0.3, 0.4) is 0 Å². The largest absolute Gasteiger partial charge is 0.373 e. The number of rotatable bonds is 5. The zero-order valence-corrected chi connectivity index (χ0v) is 15.4. The maximum Gasteiger partial charge on any atom is 0.216 e. The van der Waals surface area contributed by atoms with Crippen molar-refractivity contribution < 1.29 is 17.9 Å². The third-order valence-corrected chi connectivity index (χ3v) is 7.12. The molecule has 6 nitrogen and oxygen atoms in total. The Morgan fingerprint density at radius 3 is 2.88 bits per heavy atom. The highest BCUT2D eigenvalue weighted by atomic mass is 32.2. The Balaban J connectivity index is 1.56. The van der Waals surface area contributed by atoms with Gasteiger partial charge in [0.15, 0.2) is 0 Å². The van der Waals surface area contributed by atoms with Crippen molar-refractivity contribution in [3.63, 3.8) is 0 Å². The van der Waals surface area contributed by atoms with Crippen molar-refractivity contribution >= 4 is 10.0 Å². The van der Waals surface area contributed by atoms with Crippen LogP contribution in [-0.4, -0.2) is 54.4 Å². The summed E-state index contributed by atoms with van der Waals surface area (Å²) in [5.41, 5.74) is 1.90. The standard InChI is InChI=1S/C17H26N2O4S/c1-13(2)24(20,21)19-11-17(12-19)8-16(5-7-23-17)22-10-15-9-18-6-4-14(15)3/h4,6,9,13,16H,5,7-8,10-12H2,1-3H3/t16-/m0/s1. The number of hydrogen-bond acceptors (Lipinski definition) is 5. The first-order valence-corrected chi connectivity index (χ1v) is 9.97. The fourth-order valence-corrected chi connectivity index (χ4v) is 4.70. The van der Waals surface area contributed by atoms with Crippen molar-refractivity contribution in [2.24, 2.45) is 0 Å². The van der Waals surface area contributed by atoms with Crippen LogP contribution in [0.2, 0.25) is 0 Å². The Morgan fingerprint density at radius 2 is 2.21 bits per heavy atom. The number of ether oxygens (including phenoxy) is 2. The highest BCUT2D eigenvalue weighted by Crippen LogP contribution is 2.37. The molecule has 134 valence electrons. The van der Waals surface area contributed by atoms with Crippen LogP contribution >= 0.6 is 0 Å². The van der Waals surface area contributed by atoms with Gasteiger partial charge in [-0.15, -0.1) is 0 Å². The second kappa shape index (κ2) is 6.71. The van der Waals surface area contributed by atoms with Gasteiger partial charge in [-0.1, -0.05) is 0 Å². The molecule has 24 heavy (non-hydrogen) atoms. The molecule has 1 atom stereocenters. The molecule has 0 radical (unpaired) electrons. The molecule has 2 fully saturated rings. The van der Waals surface area contributed by atoms with E-state index in [0.29, 0.717) is 26.3 Å². The van der Waals surface area contributed by atoms with Crippen molar-refractivity contribution in [1.82, 2.24) is 9.29 Å². The van der Waals surface area contributed by atoms with Crippen molar-refractivity contribution in [2.75, 3.05) is 19.7 Å². The van der Waals surface area contributed by atoms with Gasteiger partial charge in [0.25, 0.3) is 0 Å². The lowest BCUT2D eigenvalue weighted by Crippen LogP contribution is -2.67. The molecule has 3 heterocycles. The summed E-state index contributed by atoms with van der Waals surface area (Å²) in [6.45, 7) is 7.51. The molecule has 0 saturated carbocycles. The van der Waals surface area contributed by atoms with Crippen molar-refractivity contribution in [1.29, 1.82) is 0 Å². The number of hydrogen-bond donors (Lipinski definition) is 0. The minimum Gasteiger partial charge on any atom is -0.373 e. The van der Waals surface area contributed by atoms with Crippen LogP contribution in [0.1, 0.15) is 37.8 Å². The summed E-state index contributed by atoms with van der Waals surface area (Å²) in [4.78, 5) is 4.14. The maximum absolute atomic E-state index is 12.2. The number of sulfonamides is 1. The lowest BCUT2D eigenvalue weighted by Gasteiger charge is -2.52. The topological polar surface area (TPSA) is 68.7 Å². The van der Waals surface area contributed by atoms with E-state index in [2.05, 4.69) is 4.98 Å². The first-order valence-electron chi connectivity index (χ1n) is 8.46. The van der Waals surface area contributed by atoms with E-state index in [1.54, 1.807) is 20.0 Å². The van der Waals surface area contributed by atoms with E-state index in [4.69, 9.17) is 9.47 Å². The van der Waals surface area contributed by atoms with E-state index < -0.39 is 10.0 Å². The minimum atomic E-state index is -3.19. The Labute approximate surface area is 144 Å². The summed E-state index contributed by atoms with van der Waals surface area (Å²) in [6, 6.07) is 1.98. The molecule has 1 aromatic heterocycles. The monoisotopic (exact) mass is 354 g/mol. The lowest BCUT2D eigenvalue weighted by atomic mass is 9.86. The van der Waals surface area contributed by atoms with Gasteiger partial charge in [-0.25, -0.2) is 8.42 Å². The van der Waals surface area contributed by atoms with Gasteiger partial charge in [-0.05, 0) is 44.4 Å². The van der Waals surface area contributed by atoms with Gasteiger partial charge in [0.05, 0.1) is 23.6 Å². The maximum atomic E-state index is 12.2. The molecule has 1 spiro atoms. The van der Waals surface area contributed by atoms with Crippen LogP contribution < -0.4 is 0 Å². The molecule has 0 bridgehead atoms. The number of aryl methyl sites for hydroxylation is 1. The van der Waals surface area contributed by atoms with Crippen LogP contribution in [0.4, 0.5) is 0 Å². The van der Waals surface area contributed by atoms with Crippen molar-refractivity contribution in [2.45, 2.75) is 57.2 Å². The van der Waals surface area contributed by atoms with Gasteiger partial charge in [0, 0.05) is 38.5 Å². The van der Waals surface area contributed by atoms with Crippen LogP contribution in [-0.2, 0) is 26.1 Å². The lowest BCUT2D eigenvalue weighted by molar-refractivity contribution is -0.180. The summed E-state index contributed by atoms with van der Waals surface area (Å²) >= 11 is 0. The van der Waals surface area contributed by atoms with Gasteiger partial charge in [-0.2, -0.15) is 4.31 Å². The molecule has 0 unspecified atom stereocenters. The summed E-state index contributed by atoms with van der Waals surface area (Å²) in [7, 11) is -3.19. The SMILES string of the molecule is Cc1ccncc1CO[C@H]1CCOC2(C1)CN(S(=O)(=O)C(C)C)C2. The van der Waals surface area contributed by atoms with E-state index in [1.165, 1.54) is 9.87 Å². The second-order valence-electron chi connectivity index (χ2n) is 7.12. The van der Waals surface area contributed by atoms with E-state index in [0.717, 1.165) is 18.4 Å². The number of aromatic nitrogens is 1. The molecule has 0 aromatic carbocycles. The van der Waals surface area contributed by atoms with Crippen LogP contribution in [0.25, 0.3) is 0 Å². The van der Waals surface area contributed by atoms with Gasteiger partial charge in [0.2, 0.25) is 10.0 Å². The zero-order valence-electron chi connectivity index (χ0n) is 14.6. The number of pyridine rings is 1. The number of nitrogens with zero attached hydrogens (tertiary/aromatic N) is 2. The molecule has 0 aliphatic carbocycles. The molecule has 2 aliphatic rings. The van der Waals surface area contributed by atoms with Crippen molar-refractivity contribution in [3.8, 4) is 0 Å². The average Bonchev–Trinajstić information content (AvgIpc) is 2.52. The first kappa shape index (κ1) is 17.8. The molecule has 1 aromatic rings. The van der Waals surface area contributed by atoms with Crippen molar-refractivity contribution in [3.05, 3.63) is 29.6 Å². The molecule has 3 rings (SSSR count). The summed E-state index contributed by atoms with van der Waals surface area (Å²) in [6.07, 6.45) is 5.31.